The van der Waals surface area contributed by atoms with Gasteiger partial charge in [-0.05, 0) is 44.1 Å². The molecule has 0 saturated carbocycles. The second kappa shape index (κ2) is 6.91. The Kier molecular flexibility index (Phi) is 5.49. The molecule has 0 aliphatic carbocycles. The van der Waals surface area contributed by atoms with E-state index in [0.29, 0.717) is 5.75 Å². The van der Waals surface area contributed by atoms with E-state index in [4.69, 9.17) is 4.74 Å². The van der Waals surface area contributed by atoms with Crippen molar-refractivity contribution in [3.8, 4) is 5.75 Å². The van der Waals surface area contributed by atoms with Crippen molar-refractivity contribution < 1.29 is 9.53 Å². The lowest BCUT2D eigenvalue weighted by Crippen LogP contribution is -2.09. The predicted molar refractivity (Wildman–Crippen MR) is 69.5 cm³/mol. The fraction of sp³-hybridized carbons (Fsp3) is 0.462. The Morgan fingerprint density at radius 1 is 1.41 bits per heavy atom. The largest absolute Gasteiger partial charge is 0.495 e. The standard InChI is InChI=1S/C13H20N2O2/c1-10(16)15-12-9-11(5-4-8-14-2)6-7-13(12)17-3/h6-7,9,14H,4-5,8H2,1-3H3,(H,15,16). The Labute approximate surface area is 102 Å². The van der Waals surface area contributed by atoms with E-state index >= 15 is 0 Å². The Morgan fingerprint density at radius 2 is 2.18 bits per heavy atom. The van der Waals surface area contributed by atoms with Gasteiger partial charge in [0, 0.05) is 6.92 Å². The molecule has 0 heterocycles. The molecule has 1 aromatic carbocycles. The minimum absolute atomic E-state index is 0.0873. The van der Waals surface area contributed by atoms with Gasteiger partial charge >= 0.3 is 0 Å². The van der Waals surface area contributed by atoms with Crippen LogP contribution >= 0.6 is 0 Å². The Hall–Kier alpha value is -1.55. The topological polar surface area (TPSA) is 50.4 Å². The maximum atomic E-state index is 11.1. The van der Waals surface area contributed by atoms with Gasteiger partial charge in [-0.15, -0.1) is 0 Å². The lowest BCUT2D eigenvalue weighted by Gasteiger charge is -2.11. The highest BCUT2D eigenvalue weighted by atomic mass is 16.5. The summed E-state index contributed by atoms with van der Waals surface area (Å²) in [4.78, 5) is 11.1. The molecule has 0 bridgehead atoms. The zero-order valence-corrected chi connectivity index (χ0v) is 10.7. The lowest BCUT2D eigenvalue weighted by molar-refractivity contribution is -0.114. The molecule has 0 aromatic heterocycles. The summed E-state index contributed by atoms with van der Waals surface area (Å²) in [5.41, 5.74) is 1.94. The molecule has 2 N–H and O–H groups in total. The molecule has 0 aliphatic heterocycles. The van der Waals surface area contributed by atoms with Crippen LogP contribution in [-0.2, 0) is 11.2 Å². The van der Waals surface area contributed by atoms with Crippen molar-refractivity contribution in [1.82, 2.24) is 5.32 Å². The average Bonchev–Trinajstić information content (AvgIpc) is 2.29. The van der Waals surface area contributed by atoms with Crippen LogP contribution in [-0.4, -0.2) is 26.6 Å². The summed E-state index contributed by atoms with van der Waals surface area (Å²) in [5, 5.41) is 5.89. The monoisotopic (exact) mass is 236 g/mol. The van der Waals surface area contributed by atoms with Gasteiger partial charge in [0.25, 0.3) is 0 Å². The summed E-state index contributed by atoms with van der Waals surface area (Å²) >= 11 is 0. The molecule has 1 rings (SSSR count). The Bertz CT molecular complexity index is 378. The summed E-state index contributed by atoms with van der Waals surface area (Å²) in [6.45, 7) is 2.48. The molecule has 1 amide bonds. The summed E-state index contributed by atoms with van der Waals surface area (Å²) < 4.78 is 5.20. The number of rotatable bonds is 6. The molecule has 1 aromatic rings. The molecule has 17 heavy (non-hydrogen) atoms. The van der Waals surface area contributed by atoms with E-state index in [0.717, 1.165) is 25.1 Å². The second-order valence-electron chi connectivity index (χ2n) is 3.92. The van der Waals surface area contributed by atoms with Crippen LogP contribution in [0, 0.1) is 0 Å². The first kappa shape index (κ1) is 13.5. The first-order chi connectivity index (χ1) is 8.17. The van der Waals surface area contributed by atoms with Crippen molar-refractivity contribution in [3.63, 3.8) is 0 Å². The van der Waals surface area contributed by atoms with E-state index in [-0.39, 0.29) is 5.91 Å². The number of methoxy groups -OCH3 is 1. The molecule has 0 fully saturated rings. The molecule has 4 nitrogen and oxygen atoms in total. The first-order valence-corrected chi connectivity index (χ1v) is 5.76. The zero-order valence-electron chi connectivity index (χ0n) is 10.7. The summed E-state index contributed by atoms with van der Waals surface area (Å²) in [5.74, 6) is 0.605. The summed E-state index contributed by atoms with van der Waals surface area (Å²) in [6, 6.07) is 5.88. The highest BCUT2D eigenvalue weighted by molar-refractivity contribution is 5.90. The van der Waals surface area contributed by atoms with Crippen molar-refractivity contribution in [3.05, 3.63) is 23.8 Å². The second-order valence-corrected chi connectivity index (χ2v) is 3.92. The molecule has 0 radical (unpaired) electrons. The van der Waals surface area contributed by atoms with Crippen molar-refractivity contribution in [2.45, 2.75) is 19.8 Å². The number of amides is 1. The number of benzene rings is 1. The number of carbonyl (C=O) groups excluding carboxylic acids is 1. The maximum absolute atomic E-state index is 11.1. The van der Waals surface area contributed by atoms with Crippen LogP contribution in [0.3, 0.4) is 0 Å². The van der Waals surface area contributed by atoms with Gasteiger partial charge in [-0.3, -0.25) is 4.79 Å². The molecule has 0 spiro atoms. The highest BCUT2D eigenvalue weighted by Crippen LogP contribution is 2.25. The SMILES string of the molecule is CNCCCc1ccc(OC)c(NC(C)=O)c1. The van der Waals surface area contributed by atoms with Gasteiger partial charge in [0.1, 0.15) is 5.75 Å². The number of ether oxygens (including phenoxy) is 1. The maximum Gasteiger partial charge on any atom is 0.221 e. The van der Waals surface area contributed by atoms with Gasteiger partial charge in [-0.2, -0.15) is 0 Å². The first-order valence-electron chi connectivity index (χ1n) is 5.76. The molecule has 0 aliphatic rings. The molecule has 0 saturated heterocycles. The Balaban J connectivity index is 2.77. The van der Waals surface area contributed by atoms with E-state index in [9.17, 15) is 4.79 Å². The van der Waals surface area contributed by atoms with Crippen LogP contribution < -0.4 is 15.4 Å². The van der Waals surface area contributed by atoms with E-state index in [2.05, 4.69) is 10.6 Å². The third-order valence-corrected chi connectivity index (χ3v) is 2.47. The van der Waals surface area contributed by atoms with Crippen LogP contribution in [0.2, 0.25) is 0 Å². The third-order valence-electron chi connectivity index (χ3n) is 2.47. The average molecular weight is 236 g/mol. The number of hydrogen-bond acceptors (Lipinski definition) is 3. The molecular formula is C13H20N2O2. The normalized spacial score (nSPS) is 10.1. The van der Waals surface area contributed by atoms with E-state index < -0.39 is 0 Å². The van der Waals surface area contributed by atoms with Crippen molar-refractivity contribution >= 4 is 11.6 Å². The van der Waals surface area contributed by atoms with E-state index in [1.165, 1.54) is 12.5 Å². The molecule has 0 unspecified atom stereocenters. The van der Waals surface area contributed by atoms with Gasteiger partial charge in [-0.1, -0.05) is 6.07 Å². The fourth-order valence-electron chi connectivity index (χ4n) is 1.67. The third kappa shape index (κ3) is 4.44. The summed E-state index contributed by atoms with van der Waals surface area (Å²) in [6.07, 6.45) is 2.06. The van der Waals surface area contributed by atoms with Crippen LogP contribution in [0.25, 0.3) is 0 Å². The number of anilines is 1. The number of nitrogens with one attached hydrogen (secondary N) is 2. The van der Waals surface area contributed by atoms with Crippen LogP contribution in [0.5, 0.6) is 5.75 Å². The van der Waals surface area contributed by atoms with Gasteiger partial charge in [0.2, 0.25) is 5.91 Å². The van der Waals surface area contributed by atoms with Crippen molar-refractivity contribution in [2.24, 2.45) is 0 Å². The number of carbonyl (C=O) groups is 1. The molecule has 94 valence electrons. The highest BCUT2D eigenvalue weighted by Gasteiger charge is 2.05. The van der Waals surface area contributed by atoms with Crippen LogP contribution in [0.4, 0.5) is 5.69 Å². The minimum atomic E-state index is -0.0873. The quantitative estimate of drug-likeness (QED) is 0.741. The predicted octanol–water partition coefficient (Wildman–Crippen LogP) is 1.81. The van der Waals surface area contributed by atoms with Gasteiger partial charge in [0.05, 0.1) is 12.8 Å². The van der Waals surface area contributed by atoms with Gasteiger partial charge in [-0.25, -0.2) is 0 Å². The van der Waals surface area contributed by atoms with E-state index in [1.807, 2.05) is 25.2 Å². The van der Waals surface area contributed by atoms with Crippen molar-refractivity contribution in [2.75, 3.05) is 26.0 Å². The number of aryl methyl sites for hydroxylation is 1. The van der Waals surface area contributed by atoms with E-state index in [1.54, 1.807) is 7.11 Å². The van der Waals surface area contributed by atoms with Crippen LogP contribution in [0.1, 0.15) is 18.9 Å². The van der Waals surface area contributed by atoms with Gasteiger partial charge in [0.15, 0.2) is 0 Å². The van der Waals surface area contributed by atoms with Crippen LogP contribution in [0.15, 0.2) is 18.2 Å². The van der Waals surface area contributed by atoms with Crippen molar-refractivity contribution in [1.29, 1.82) is 0 Å². The molecular weight excluding hydrogens is 216 g/mol. The molecule has 0 atom stereocenters. The number of hydrogen-bond donors (Lipinski definition) is 2. The minimum Gasteiger partial charge on any atom is -0.495 e. The summed E-state index contributed by atoms with van der Waals surface area (Å²) in [7, 11) is 3.54. The smallest absolute Gasteiger partial charge is 0.221 e. The van der Waals surface area contributed by atoms with Gasteiger partial charge < -0.3 is 15.4 Å². The molecule has 4 heteroatoms. The Morgan fingerprint density at radius 3 is 2.76 bits per heavy atom. The lowest BCUT2D eigenvalue weighted by atomic mass is 10.1. The fourth-order valence-corrected chi connectivity index (χ4v) is 1.67. The zero-order chi connectivity index (χ0) is 12.7.